The number of aromatic nitrogens is 1. The van der Waals surface area contributed by atoms with Crippen LogP contribution < -0.4 is 10.4 Å². The van der Waals surface area contributed by atoms with Gasteiger partial charge in [0.15, 0.2) is 0 Å². The van der Waals surface area contributed by atoms with E-state index in [1.54, 1.807) is 0 Å². The second-order valence-corrected chi connectivity index (χ2v) is 6.69. The van der Waals surface area contributed by atoms with E-state index in [1.165, 1.54) is 37.7 Å². The molecule has 2 radical (unpaired) electrons. The quantitative estimate of drug-likeness (QED) is 0.398. The molecule has 0 aliphatic carbocycles. The molecule has 0 atom stereocenters. The molecule has 1 aromatic heterocycles. The third-order valence-corrected chi connectivity index (χ3v) is 5.71. The number of hydrogen-bond donors (Lipinski definition) is 0. The van der Waals surface area contributed by atoms with E-state index in [2.05, 4.69) is 59.6 Å². The molecule has 4 aromatic rings. The molecule has 2 heterocycles. The summed E-state index contributed by atoms with van der Waals surface area (Å²) in [4.78, 5) is 4.64. The van der Waals surface area contributed by atoms with E-state index >= 15 is 0 Å². The Labute approximate surface area is 125 Å². The molecule has 0 unspecified atom stereocenters. The highest BCUT2D eigenvalue weighted by atomic mass is 28.2. The zero-order chi connectivity index (χ0) is 13.8. The average molecular weight is 281 g/mol. The fraction of sp³-hybridized carbons (Fsp3) is 0. The van der Waals surface area contributed by atoms with Crippen LogP contribution in [-0.2, 0) is 0 Å². The van der Waals surface area contributed by atoms with Gasteiger partial charge in [-0.25, -0.2) is 0 Å². The molecule has 0 spiro atoms. The van der Waals surface area contributed by atoms with Gasteiger partial charge in [0.05, 0.1) is 5.52 Å². The smallest absolute Gasteiger partial charge is 0.124 e. The van der Waals surface area contributed by atoms with Gasteiger partial charge in [0.2, 0.25) is 0 Å². The second kappa shape index (κ2) is 4.03. The summed E-state index contributed by atoms with van der Waals surface area (Å²) >= 11 is 0. The number of hydrogen-bond acceptors (Lipinski definition) is 1. The van der Waals surface area contributed by atoms with E-state index in [9.17, 15) is 0 Å². The van der Waals surface area contributed by atoms with Gasteiger partial charge in [-0.3, -0.25) is 4.98 Å². The van der Waals surface area contributed by atoms with Crippen LogP contribution in [0.5, 0.6) is 0 Å². The van der Waals surface area contributed by atoms with Crippen LogP contribution in [0, 0.1) is 0 Å². The Bertz CT molecular complexity index is 1020. The number of pyridine rings is 1. The summed E-state index contributed by atoms with van der Waals surface area (Å²) in [5.74, 6) is 0. The fourth-order valence-corrected chi connectivity index (χ4v) is 4.79. The number of fused-ring (bicyclic) bond motifs is 7. The first-order valence-corrected chi connectivity index (χ1v) is 8.09. The van der Waals surface area contributed by atoms with Crippen molar-refractivity contribution in [3.8, 4) is 11.1 Å². The van der Waals surface area contributed by atoms with Crippen molar-refractivity contribution in [2.24, 2.45) is 0 Å². The van der Waals surface area contributed by atoms with Gasteiger partial charge in [-0.2, -0.15) is 0 Å². The largest absolute Gasteiger partial charge is 0.256 e. The molecular weight excluding hydrogens is 270 g/mol. The van der Waals surface area contributed by atoms with E-state index in [-0.39, 0.29) is 0 Å². The van der Waals surface area contributed by atoms with Gasteiger partial charge < -0.3 is 0 Å². The molecule has 1 aliphatic rings. The normalized spacial score (nSPS) is 12.6. The predicted molar refractivity (Wildman–Crippen MR) is 89.7 cm³/mol. The van der Waals surface area contributed by atoms with Gasteiger partial charge in [-0.15, -0.1) is 0 Å². The standard InChI is InChI=1S/C19H11NSi/c1-2-6-14-12(4-1)7-9-15-17-16(21-19(14)15)10-8-13-5-3-11-20-18(13)17/h1-11H. The first-order chi connectivity index (χ1) is 10.4. The summed E-state index contributed by atoms with van der Waals surface area (Å²) in [5.41, 5.74) is 3.84. The second-order valence-electron chi connectivity index (χ2n) is 5.40. The van der Waals surface area contributed by atoms with Crippen molar-refractivity contribution in [3.05, 3.63) is 66.9 Å². The van der Waals surface area contributed by atoms with Crippen LogP contribution in [0.15, 0.2) is 66.9 Å². The molecule has 1 nitrogen and oxygen atoms in total. The van der Waals surface area contributed by atoms with Crippen molar-refractivity contribution in [1.29, 1.82) is 0 Å². The summed E-state index contributed by atoms with van der Waals surface area (Å²) in [7, 11) is 0.728. The highest BCUT2D eigenvalue weighted by Crippen LogP contribution is 2.30. The van der Waals surface area contributed by atoms with E-state index in [1.807, 2.05) is 12.3 Å². The molecule has 1 aliphatic heterocycles. The zero-order valence-corrected chi connectivity index (χ0v) is 12.3. The van der Waals surface area contributed by atoms with Crippen molar-refractivity contribution in [3.63, 3.8) is 0 Å². The number of benzene rings is 3. The van der Waals surface area contributed by atoms with Crippen LogP contribution in [-0.4, -0.2) is 14.5 Å². The highest BCUT2D eigenvalue weighted by molar-refractivity contribution is 6.76. The third kappa shape index (κ3) is 1.48. The lowest BCUT2D eigenvalue weighted by Gasteiger charge is -2.07. The maximum Gasteiger partial charge on any atom is 0.124 e. The highest BCUT2D eigenvalue weighted by Gasteiger charge is 2.23. The Hall–Kier alpha value is -2.45. The molecular formula is C19H11NSi. The molecule has 0 saturated carbocycles. The average Bonchev–Trinajstić information content (AvgIpc) is 2.94. The summed E-state index contributed by atoms with van der Waals surface area (Å²) in [6, 6.07) is 21.8. The van der Waals surface area contributed by atoms with Crippen molar-refractivity contribution in [2.75, 3.05) is 0 Å². The molecule has 3 aromatic carbocycles. The van der Waals surface area contributed by atoms with Crippen LogP contribution in [0.4, 0.5) is 0 Å². The Morgan fingerprint density at radius 2 is 1.62 bits per heavy atom. The molecule has 96 valence electrons. The summed E-state index contributed by atoms with van der Waals surface area (Å²) in [6.07, 6.45) is 1.89. The van der Waals surface area contributed by atoms with Crippen molar-refractivity contribution < 1.29 is 0 Å². The molecule has 2 heteroatoms. The first kappa shape index (κ1) is 11.2. The van der Waals surface area contributed by atoms with Crippen molar-refractivity contribution in [1.82, 2.24) is 4.98 Å². The summed E-state index contributed by atoms with van der Waals surface area (Å²) in [5, 5.41) is 6.83. The van der Waals surface area contributed by atoms with E-state index < -0.39 is 0 Å². The fourth-order valence-electron chi connectivity index (χ4n) is 3.27. The van der Waals surface area contributed by atoms with Crippen LogP contribution in [0.3, 0.4) is 0 Å². The van der Waals surface area contributed by atoms with Gasteiger partial charge in [-0.1, -0.05) is 54.6 Å². The molecule has 0 amide bonds. The molecule has 5 rings (SSSR count). The Kier molecular flexibility index (Phi) is 2.15. The lowest BCUT2D eigenvalue weighted by molar-refractivity contribution is 1.42. The minimum atomic E-state index is 0.728. The Morgan fingerprint density at radius 1 is 0.762 bits per heavy atom. The predicted octanol–water partition coefficient (Wildman–Crippen LogP) is 3.02. The van der Waals surface area contributed by atoms with E-state index in [4.69, 9.17) is 0 Å². The van der Waals surface area contributed by atoms with Crippen LogP contribution >= 0.6 is 0 Å². The molecule has 21 heavy (non-hydrogen) atoms. The van der Waals surface area contributed by atoms with Gasteiger partial charge >= 0.3 is 0 Å². The van der Waals surface area contributed by atoms with Crippen LogP contribution in [0.25, 0.3) is 32.8 Å². The van der Waals surface area contributed by atoms with Gasteiger partial charge in [0.25, 0.3) is 0 Å². The van der Waals surface area contributed by atoms with Gasteiger partial charge in [0, 0.05) is 17.1 Å². The lowest BCUT2D eigenvalue weighted by Crippen LogP contribution is -2.21. The topological polar surface area (TPSA) is 12.9 Å². The van der Waals surface area contributed by atoms with E-state index in [0.717, 1.165) is 15.0 Å². The van der Waals surface area contributed by atoms with Gasteiger partial charge in [0.1, 0.15) is 9.52 Å². The molecule has 0 saturated heterocycles. The van der Waals surface area contributed by atoms with Crippen molar-refractivity contribution in [2.45, 2.75) is 0 Å². The van der Waals surface area contributed by atoms with Crippen LogP contribution in [0.2, 0.25) is 0 Å². The molecule has 0 N–H and O–H groups in total. The summed E-state index contributed by atoms with van der Waals surface area (Å²) < 4.78 is 0. The van der Waals surface area contributed by atoms with Crippen molar-refractivity contribution >= 4 is 41.6 Å². The number of nitrogens with zero attached hydrogens (tertiary/aromatic N) is 1. The van der Waals surface area contributed by atoms with Gasteiger partial charge in [-0.05, 0) is 32.8 Å². The molecule has 0 bridgehead atoms. The monoisotopic (exact) mass is 281 g/mol. The third-order valence-electron chi connectivity index (χ3n) is 4.23. The summed E-state index contributed by atoms with van der Waals surface area (Å²) in [6.45, 7) is 0. The Balaban J connectivity index is 1.93. The molecule has 0 fully saturated rings. The van der Waals surface area contributed by atoms with Crippen LogP contribution in [0.1, 0.15) is 0 Å². The Morgan fingerprint density at radius 3 is 2.62 bits per heavy atom. The SMILES string of the molecule is c1ccc2c3c(ccc2c1)-c1c(ccc2cccnc12)[Si]3. The lowest BCUT2D eigenvalue weighted by atomic mass is 9.99. The first-order valence-electron chi connectivity index (χ1n) is 7.09. The minimum absolute atomic E-state index is 0.728. The van der Waals surface area contributed by atoms with E-state index in [0.29, 0.717) is 0 Å². The maximum atomic E-state index is 4.64. The zero-order valence-electron chi connectivity index (χ0n) is 11.3. The number of rotatable bonds is 0. The maximum absolute atomic E-state index is 4.64. The minimum Gasteiger partial charge on any atom is -0.256 e.